The third-order valence-corrected chi connectivity index (χ3v) is 3.37. The largest absolute Gasteiger partial charge is 0.481 e. The molecule has 0 fully saturated rings. The Labute approximate surface area is 119 Å². The van der Waals surface area contributed by atoms with Crippen molar-refractivity contribution >= 4 is 5.97 Å². The molecule has 1 atom stereocenters. The molecule has 2 aromatic rings. The summed E-state index contributed by atoms with van der Waals surface area (Å²) in [6.07, 6.45) is 3.25. The van der Waals surface area contributed by atoms with E-state index in [1.165, 1.54) is 5.56 Å². The Bertz CT molecular complexity index is 583. The molecule has 0 saturated heterocycles. The molecule has 0 amide bonds. The van der Waals surface area contributed by atoms with Gasteiger partial charge in [0.25, 0.3) is 0 Å². The van der Waals surface area contributed by atoms with Gasteiger partial charge in [-0.1, -0.05) is 51.1 Å². The van der Waals surface area contributed by atoms with Gasteiger partial charge in [-0.2, -0.15) is 0 Å². The van der Waals surface area contributed by atoms with Gasteiger partial charge in [0.15, 0.2) is 0 Å². The lowest BCUT2D eigenvalue weighted by Gasteiger charge is -2.20. The zero-order valence-corrected chi connectivity index (χ0v) is 12.0. The minimum atomic E-state index is -0.860. The number of hydrogen-bond acceptors (Lipinski definition) is 2. The summed E-state index contributed by atoms with van der Waals surface area (Å²) in [5, 5.41) is 9.48. The Balaban J connectivity index is 2.39. The third kappa shape index (κ3) is 3.05. The van der Waals surface area contributed by atoms with Crippen molar-refractivity contribution in [1.29, 1.82) is 0 Å². The fraction of sp³-hybridized carbons (Fsp3) is 0.294. The van der Waals surface area contributed by atoms with E-state index < -0.39 is 11.9 Å². The van der Waals surface area contributed by atoms with Gasteiger partial charge in [0.2, 0.25) is 0 Å². The first-order valence-electron chi connectivity index (χ1n) is 6.63. The van der Waals surface area contributed by atoms with Crippen molar-refractivity contribution in [3.05, 3.63) is 65.5 Å². The van der Waals surface area contributed by atoms with Crippen molar-refractivity contribution < 1.29 is 9.90 Å². The summed E-state index contributed by atoms with van der Waals surface area (Å²) in [5.74, 6) is -1.53. The van der Waals surface area contributed by atoms with E-state index in [1.54, 1.807) is 24.5 Å². The van der Waals surface area contributed by atoms with Gasteiger partial charge in [-0.05, 0) is 28.2 Å². The molecule has 0 aliphatic rings. The summed E-state index contributed by atoms with van der Waals surface area (Å²) in [6.45, 7) is 6.41. The number of aromatic nitrogens is 1. The molecule has 0 aliphatic heterocycles. The van der Waals surface area contributed by atoms with Gasteiger partial charge < -0.3 is 5.11 Å². The maximum Gasteiger partial charge on any atom is 0.315 e. The molecule has 104 valence electrons. The zero-order valence-electron chi connectivity index (χ0n) is 12.0. The fourth-order valence-corrected chi connectivity index (χ4v) is 2.20. The number of carboxylic acid groups (broad SMARTS) is 1. The summed E-state index contributed by atoms with van der Waals surface area (Å²) >= 11 is 0. The first-order chi connectivity index (χ1) is 9.39. The van der Waals surface area contributed by atoms with Gasteiger partial charge in [-0.3, -0.25) is 9.78 Å². The number of hydrogen-bond donors (Lipinski definition) is 1. The second-order valence-electron chi connectivity index (χ2n) is 5.93. The number of carbonyl (C=O) groups is 1. The average molecular weight is 269 g/mol. The van der Waals surface area contributed by atoms with E-state index in [0.29, 0.717) is 5.56 Å². The number of aliphatic carboxylic acids is 1. The topological polar surface area (TPSA) is 50.2 Å². The Morgan fingerprint density at radius 2 is 1.75 bits per heavy atom. The SMILES string of the molecule is CC(C)(C)c1ccc(C(C(=O)O)c2cccnc2)cc1. The first-order valence-corrected chi connectivity index (χ1v) is 6.63. The first kappa shape index (κ1) is 14.3. The second-order valence-corrected chi connectivity index (χ2v) is 5.93. The van der Waals surface area contributed by atoms with Gasteiger partial charge in [0.05, 0.1) is 0 Å². The molecule has 0 aliphatic carbocycles. The number of pyridine rings is 1. The molecule has 1 N–H and O–H groups in total. The Kier molecular flexibility index (Phi) is 3.89. The zero-order chi connectivity index (χ0) is 14.8. The van der Waals surface area contributed by atoms with E-state index in [0.717, 1.165) is 5.56 Å². The van der Waals surface area contributed by atoms with Crippen LogP contribution in [0.25, 0.3) is 0 Å². The van der Waals surface area contributed by atoms with Crippen molar-refractivity contribution in [2.24, 2.45) is 0 Å². The van der Waals surface area contributed by atoms with Crippen molar-refractivity contribution in [2.75, 3.05) is 0 Å². The molecule has 1 aromatic heterocycles. The maximum absolute atomic E-state index is 11.6. The minimum Gasteiger partial charge on any atom is -0.481 e. The standard InChI is InChI=1S/C17H19NO2/c1-17(2,3)14-8-6-12(7-9-14)15(16(19)20)13-5-4-10-18-11-13/h4-11,15H,1-3H3,(H,19,20). The molecule has 20 heavy (non-hydrogen) atoms. The van der Waals surface area contributed by atoms with E-state index in [1.807, 2.05) is 24.3 Å². The minimum absolute atomic E-state index is 0.0611. The highest BCUT2D eigenvalue weighted by molar-refractivity contribution is 5.80. The molecule has 1 unspecified atom stereocenters. The number of benzene rings is 1. The van der Waals surface area contributed by atoms with Crippen LogP contribution in [0.4, 0.5) is 0 Å². The fourth-order valence-electron chi connectivity index (χ4n) is 2.20. The summed E-state index contributed by atoms with van der Waals surface area (Å²) in [6, 6.07) is 11.3. The lowest BCUT2D eigenvalue weighted by atomic mass is 9.84. The molecule has 3 heteroatoms. The number of nitrogens with zero attached hydrogens (tertiary/aromatic N) is 1. The summed E-state index contributed by atoms with van der Waals surface area (Å²) in [4.78, 5) is 15.6. The predicted octanol–water partition coefficient (Wildman–Crippen LogP) is 3.60. The number of rotatable bonds is 3. The van der Waals surface area contributed by atoms with Gasteiger partial charge in [-0.25, -0.2) is 0 Å². The highest BCUT2D eigenvalue weighted by Gasteiger charge is 2.23. The highest BCUT2D eigenvalue weighted by atomic mass is 16.4. The van der Waals surface area contributed by atoms with Crippen molar-refractivity contribution in [3.63, 3.8) is 0 Å². The van der Waals surface area contributed by atoms with Crippen LogP contribution >= 0.6 is 0 Å². The monoisotopic (exact) mass is 269 g/mol. The quantitative estimate of drug-likeness (QED) is 0.926. The molecular formula is C17H19NO2. The lowest BCUT2D eigenvalue weighted by molar-refractivity contribution is -0.137. The average Bonchev–Trinajstić information content (AvgIpc) is 2.39. The smallest absolute Gasteiger partial charge is 0.315 e. The lowest BCUT2D eigenvalue weighted by Crippen LogP contribution is -2.15. The molecule has 2 rings (SSSR count). The molecule has 0 saturated carbocycles. The van der Waals surface area contributed by atoms with Crippen LogP contribution in [-0.2, 0) is 10.2 Å². The molecule has 1 aromatic carbocycles. The van der Waals surface area contributed by atoms with Crippen LogP contribution in [0.3, 0.4) is 0 Å². The van der Waals surface area contributed by atoms with Crippen LogP contribution in [0.5, 0.6) is 0 Å². The van der Waals surface area contributed by atoms with Crippen LogP contribution in [0.15, 0.2) is 48.8 Å². The Morgan fingerprint density at radius 1 is 1.10 bits per heavy atom. The van der Waals surface area contributed by atoms with Crippen LogP contribution in [0, 0.1) is 0 Å². The van der Waals surface area contributed by atoms with Gasteiger partial charge in [0, 0.05) is 12.4 Å². The van der Waals surface area contributed by atoms with Gasteiger partial charge >= 0.3 is 5.97 Å². The molecule has 0 radical (unpaired) electrons. The van der Waals surface area contributed by atoms with E-state index in [2.05, 4.69) is 25.8 Å². The normalized spacial score (nSPS) is 12.9. The predicted molar refractivity (Wildman–Crippen MR) is 78.9 cm³/mol. The van der Waals surface area contributed by atoms with Gasteiger partial charge in [0.1, 0.15) is 5.92 Å². The Hall–Kier alpha value is -2.16. The number of carboxylic acids is 1. The third-order valence-electron chi connectivity index (χ3n) is 3.37. The van der Waals surface area contributed by atoms with E-state index in [4.69, 9.17) is 0 Å². The van der Waals surface area contributed by atoms with Crippen molar-refractivity contribution in [1.82, 2.24) is 4.98 Å². The molecule has 0 bridgehead atoms. The molecule has 1 heterocycles. The van der Waals surface area contributed by atoms with Crippen LogP contribution < -0.4 is 0 Å². The summed E-state index contributed by atoms with van der Waals surface area (Å²) in [5.41, 5.74) is 2.73. The highest BCUT2D eigenvalue weighted by Crippen LogP contribution is 2.28. The van der Waals surface area contributed by atoms with E-state index in [9.17, 15) is 9.90 Å². The van der Waals surface area contributed by atoms with Crippen LogP contribution in [0.2, 0.25) is 0 Å². The van der Waals surface area contributed by atoms with Crippen molar-refractivity contribution in [2.45, 2.75) is 32.1 Å². The van der Waals surface area contributed by atoms with E-state index >= 15 is 0 Å². The van der Waals surface area contributed by atoms with E-state index in [-0.39, 0.29) is 5.41 Å². The van der Waals surface area contributed by atoms with Crippen LogP contribution in [0.1, 0.15) is 43.4 Å². The van der Waals surface area contributed by atoms with Crippen molar-refractivity contribution in [3.8, 4) is 0 Å². The van der Waals surface area contributed by atoms with Gasteiger partial charge in [-0.15, -0.1) is 0 Å². The summed E-state index contributed by atoms with van der Waals surface area (Å²) < 4.78 is 0. The molecule has 3 nitrogen and oxygen atoms in total. The summed E-state index contributed by atoms with van der Waals surface area (Å²) in [7, 11) is 0. The molecular weight excluding hydrogens is 250 g/mol. The Morgan fingerprint density at radius 3 is 2.20 bits per heavy atom. The second kappa shape index (κ2) is 5.45. The van der Waals surface area contributed by atoms with Crippen LogP contribution in [-0.4, -0.2) is 16.1 Å². The maximum atomic E-state index is 11.6. The molecule has 0 spiro atoms.